The minimum atomic E-state index is -1.07. The maximum absolute atomic E-state index is 11.6. The summed E-state index contributed by atoms with van der Waals surface area (Å²) in [5.41, 5.74) is 2.00. The van der Waals surface area contributed by atoms with E-state index in [0.717, 1.165) is 0 Å². The van der Waals surface area contributed by atoms with E-state index in [-0.39, 0.29) is 11.5 Å². The van der Waals surface area contributed by atoms with Crippen molar-refractivity contribution in [2.24, 2.45) is 0 Å². The van der Waals surface area contributed by atoms with E-state index in [1.54, 1.807) is 24.4 Å². The smallest absolute Gasteiger partial charge is 0.356 e. The molecule has 0 unspecified atom stereocenters. The number of carboxylic acid groups (broad SMARTS) is 1. The third kappa shape index (κ3) is 1.61. The fraction of sp³-hybridized carbons (Fsp3) is 0. The normalized spacial score (nSPS) is 11.2. The van der Waals surface area contributed by atoms with Crippen LogP contribution in [0.3, 0.4) is 0 Å². The van der Waals surface area contributed by atoms with E-state index in [4.69, 9.17) is 0 Å². The van der Waals surface area contributed by atoms with Crippen molar-refractivity contribution >= 4 is 22.6 Å². The molecule has 7 heteroatoms. The zero-order chi connectivity index (χ0) is 14.4. The average Bonchev–Trinajstić information content (AvgIpc) is 3.08. The first-order valence-electron chi connectivity index (χ1n) is 6.27. The van der Waals surface area contributed by atoms with Gasteiger partial charge in [0.15, 0.2) is 11.5 Å². The second kappa shape index (κ2) is 4.14. The fourth-order valence-electron chi connectivity index (χ4n) is 2.36. The Kier molecular flexibility index (Phi) is 2.28. The van der Waals surface area contributed by atoms with E-state index in [1.165, 1.54) is 9.08 Å². The van der Waals surface area contributed by atoms with Gasteiger partial charge in [-0.1, -0.05) is 23.4 Å². The number of para-hydroxylation sites is 1. The number of pyridine rings is 1. The van der Waals surface area contributed by atoms with Gasteiger partial charge >= 0.3 is 5.97 Å². The highest BCUT2D eigenvalue weighted by atomic mass is 16.4. The quantitative estimate of drug-likeness (QED) is 0.604. The van der Waals surface area contributed by atoms with Crippen LogP contribution >= 0.6 is 0 Å². The largest absolute Gasteiger partial charge is 0.476 e. The number of benzene rings is 1. The predicted molar refractivity (Wildman–Crippen MR) is 74.6 cm³/mol. The minimum absolute atomic E-state index is 0.0567. The number of aromatic nitrogens is 5. The molecule has 0 saturated heterocycles. The van der Waals surface area contributed by atoms with Crippen molar-refractivity contribution in [1.82, 2.24) is 24.4 Å². The number of hydrogen-bond donors (Lipinski definition) is 1. The van der Waals surface area contributed by atoms with Crippen LogP contribution in [0.25, 0.3) is 22.5 Å². The Balaban J connectivity index is 2.10. The van der Waals surface area contributed by atoms with Crippen molar-refractivity contribution in [2.75, 3.05) is 0 Å². The molecule has 3 heterocycles. The average molecular weight is 279 g/mol. The molecule has 0 atom stereocenters. The van der Waals surface area contributed by atoms with Crippen molar-refractivity contribution < 1.29 is 9.90 Å². The lowest BCUT2D eigenvalue weighted by Crippen LogP contribution is -2.08. The molecule has 1 aromatic carbocycles. The summed E-state index contributed by atoms with van der Waals surface area (Å²) < 4.78 is 2.97. The van der Waals surface area contributed by atoms with Crippen molar-refractivity contribution in [1.29, 1.82) is 0 Å². The monoisotopic (exact) mass is 279 g/mol. The summed E-state index contributed by atoms with van der Waals surface area (Å²) >= 11 is 0. The summed E-state index contributed by atoms with van der Waals surface area (Å²) in [7, 11) is 0. The van der Waals surface area contributed by atoms with Gasteiger partial charge in [-0.15, -0.1) is 5.10 Å². The summed E-state index contributed by atoms with van der Waals surface area (Å²) in [6.07, 6.45) is 1.66. The third-order valence-electron chi connectivity index (χ3n) is 3.27. The summed E-state index contributed by atoms with van der Waals surface area (Å²) in [6.45, 7) is 0. The Hall–Kier alpha value is -3.22. The van der Waals surface area contributed by atoms with Gasteiger partial charge in [0.25, 0.3) is 0 Å². The van der Waals surface area contributed by atoms with Gasteiger partial charge in [0, 0.05) is 6.20 Å². The van der Waals surface area contributed by atoms with Crippen LogP contribution < -0.4 is 0 Å². The van der Waals surface area contributed by atoms with E-state index < -0.39 is 5.97 Å². The molecule has 102 valence electrons. The number of imidazole rings is 1. The van der Waals surface area contributed by atoms with Gasteiger partial charge < -0.3 is 5.11 Å². The van der Waals surface area contributed by atoms with Crippen LogP contribution in [-0.2, 0) is 0 Å². The molecule has 0 spiro atoms. The van der Waals surface area contributed by atoms with E-state index in [2.05, 4.69) is 15.3 Å². The summed E-state index contributed by atoms with van der Waals surface area (Å²) in [6, 6.07) is 12.6. The Bertz CT molecular complexity index is 985. The van der Waals surface area contributed by atoms with Crippen molar-refractivity contribution in [3.63, 3.8) is 0 Å². The Labute approximate surface area is 118 Å². The van der Waals surface area contributed by atoms with Crippen LogP contribution in [0.1, 0.15) is 10.5 Å². The molecule has 7 nitrogen and oxygen atoms in total. The van der Waals surface area contributed by atoms with Crippen molar-refractivity contribution in [3.05, 3.63) is 54.4 Å². The van der Waals surface area contributed by atoms with Crippen LogP contribution in [0, 0.1) is 0 Å². The summed E-state index contributed by atoms with van der Waals surface area (Å²) in [5.74, 6) is -0.814. The van der Waals surface area contributed by atoms with Crippen LogP contribution in [0.4, 0.5) is 0 Å². The molecule has 21 heavy (non-hydrogen) atoms. The molecule has 0 radical (unpaired) electrons. The topological polar surface area (TPSA) is 85.3 Å². The zero-order valence-electron chi connectivity index (χ0n) is 10.7. The molecule has 0 amide bonds. The number of rotatable bonds is 2. The molecule has 0 saturated carbocycles. The number of nitrogens with zero attached hydrogens (tertiary/aromatic N) is 5. The number of fused-ring (bicyclic) bond motifs is 2. The molecule has 0 aliphatic rings. The molecule has 1 N–H and O–H groups in total. The molecule has 0 fully saturated rings. The maximum atomic E-state index is 11.6. The minimum Gasteiger partial charge on any atom is -0.476 e. The Morgan fingerprint density at radius 2 is 1.90 bits per heavy atom. The van der Waals surface area contributed by atoms with Gasteiger partial charge in [0.1, 0.15) is 11.2 Å². The Morgan fingerprint density at radius 1 is 1.10 bits per heavy atom. The van der Waals surface area contributed by atoms with Crippen molar-refractivity contribution in [3.8, 4) is 5.82 Å². The second-order valence-electron chi connectivity index (χ2n) is 4.51. The van der Waals surface area contributed by atoms with Gasteiger partial charge in [-0.25, -0.2) is 9.78 Å². The van der Waals surface area contributed by atoms with E-state index in [9.17, 15) is 9.90 Å². The fourth-order valence-corrected chi connectivity index (χ4v) is 2.36. The molecule has 4 aromatic rings. The number of carbonyl (C=O) groups is 1. The maximum Gasteiger partial charge on any atom is 0.356 e. The van der Waals surface area contributed by atoms with E-state index in [0.29, 0.717) is 16.7 Å². The lowest BCUT2D eigenvalue weighted by Gasteiger charge is -2.00. The van der Waals surface area contributed by atoms with Crippen LogP contribution in [0.5, 0.6) is 0 Å². The summed E-state index contributed by atoms with van der Waals surface area (Å²) in [4.78, 5) is 16.0. The molecule has 0 bridgehead atoms. The molecule has 4 rings (SSSR count). The van der Waals surface area contributed by atoms with Crippen LogP contribution in [-0.4, -0.2) is 35.5 Å². The lowest BCUT2D eigenvalue weighted by molar-refractivity contribution is 0.0689. The van der Waals surface area contributed by atoms with Crippen molar-refractivity contribution in [2.45, 2.75) is 0 Å². The van der Waals surface area contributed by atoms with Gasteiger partial charge in [-0.3, -0.25) is 4.40 Å². The second-order valence-corrected chi connectivity index (χ2v) is 4.51. The predicted octanol–water partition coefficient (Wildman–Crippen LogP) is 1.77. The first-order chi connectivity index (χ1) is 10.3. The number of carboxylic acids is 1. The number of hydrogen-bond acceptors (Lipinski definition) is 4. The van der Waals surface area contributed by atoms with Gasteiger partial charge in [0.2, 0.25) is 0 Å². The SMILES string of the molecule is O=C(O)c1c(-n2nnc3ccccc32)nc2ccccn12. The summed E-state index contributed by atoms with van der Waals surface area (Å²) in [5, 5.41) is 17.6. The molecular formula is C14H9N5O2. The standard InChI is InChI=1S/C14H9N5O2/c20-14(21)12-13(15-11-7-3-4-8-18(11)12)19-10-6-2-1-5-9(10)16-17-19/h1-8H,(H,20,21). The highest BCUT2D eigenvalue weighted by molar-refractivity contribution is 5.91. The molecule has 0 aliphatic heterocycles. The highest BCUT2D eigenvalue weighted by Gasteiger charge is 2.22. The molecule has 0 aliphatic carbocycles. The first-order valence-corrected chi connectivity index (χ1v) is 6.27. The van der Waals surface area contributed by atoms with Crippen LogP contribution in [0.2, 0.25) is 0 Å². The first kappa shape index (κ1) is 11.6. The zero-order valence-corrected chi connectivity index (χ0v) is 10.7. The molecule has 3 aromatic heterocycles. The third-order valence-corrected chi connectivity index (χ3v) is 3.27. The Morgan fingerprint density at radius 3 is 2.76 bits per heavy atom. The van der Waals surface area contributed by atoms with Gasteiger partial charge in [-0.05, 0) is 24.3 Å². The van der Waals surface area contributed by atoms with Gasteiger partial charge in [-0.2, -0.15) is 4.68 Å². The van der Waals surface area contributed by atoms with Crippen LogP contribution in [0.15, 0.2) is 48.7 Å². The number of aromatic carboxylic acids is 1. The molecular weight excluding hydrogens is 270 g/mol. The van der Waals surface area contributed by atoms with Gasteiger partial charge in [0.05, 0.1) is 5.52 Å². The highest BCUT2D eigenvalue weighted by Crippen LogP contribution is 2.20. The van der Waals surface area contributed by atoms with E-state index in [1.807, 2.05) is 24.3 Å². The lowest BCUT2D eigenvalue weighted by atomic mass is 10.3. The van der Waals surface area contributed by atoms with E-state index >= 15 is 0 Å².